The molecular formula is C7H3ClI2N4O. The fourth-order valence-corrected chi connectivity index (χ4v) is 1.86. The highest BCUT2D eigenvalue weighted by molar-refractivity contribution is 14.1. The van der Waals surface area contributed by atoms with Crippen LogP contribution in [-0.2, 0) is 0 Å². The molecular weight excluding hydrogens is 445 g/mol. The lowest BCUT2D eigenvalue weighted by Crippen LogP contribution is -2.14. The topological polar surface area (TPSA) is 63.6 Å². The molecule has 0 aliphatic carbocycles. The summed E-state index contributed by atoms with van der Waals surface area (Å²) in [6.07, 6.45) is 1.73. The van der Waals surface area contributed by atoms with Crippen molar-refractivity contribution in [2.75, 3.05) is 0 Å². The van der Waals surface area contributed by atoms with Gasteiger partial charge in [-0.15, -0.1) is 0 Å². The first-order valence-electron chi connectivity index (χ1n) is 3.74. The molecule has 0 radical (unpaired) electrons. The average molecular weight is 448 g/mol. The lowest BCUT2D eigenvalue weighted by atomic mass is 10.5. The van der Waals surface area contributed by atoms with Crippen molar-refractivity contribution in [2.45, 2.75) is 0 Å². The molecule has 0 aliphatic rings. The van der Waals surface area contributed by atoms with Gasteiger partial charge in [0.25, 0.3) is 0 Å². The maximum Gasteiger partial charge on any atom is 0.227 e. The molecule has 0 saturated heterocycles. The van der Waals surface area contributed by atoms with E-state index in [2.05, 4.69) is 60.5 Å². The molecule has 0 aliphatic heterocycles. The third kappa shape index (κ3) is 2.33. The van der Waals surface area contributed by atoms with Crippen LogP contribution in [0.3, 0.4) is 0 Å². The van der Waals surface area contributed by atoms with Crippen LogP contribution in [0.1, 0.15) is 0 Å². The van der Waals surface area contributed by atoms with E-state index in [4.69, 9.17) is 11.6 Å². The molecule has 0 unspecified atom stereocenters. The van der Waals surface area contributed by atoms with Gasteiger partial charge in [-0.2, -0.15) is 10.2 Å². The zero-order valence-electron chi connectivity index (χ0n) is 7.04. The molecule has 0 atom stereocenters. The van der Waals surface area contributed by atoms with Gasteiger partial charge in [-0.3, -0.25) is 9.89 Å². The second-order valence-electron chi connectivity index (χ2n) is 2.62. The summed E-state index contributed by atoms with van der Waals surface area (Å²) in [7, 11) is 0. The first-order chi connectivity index (χ1) is 7.08. The number of halogens is 3. The lowest BCUT2D eigenvalue weighted by Gasteiger charge is -1.97. The second-order valence-corrected chi connectivity index (χ2v) is 5.21. The van der Waals surface area contributed by atoms with Crippen LogP contribution in [0.15, 0.2) is 17.1 Å². The number of H-pyrrole nitrogens is 1. The number of hydrogen-bond acceptors (Lipinski definition) is 3. The molecule has 2 aromatic heterocycles. The molecule has 2 rings (SSSR count). The van der Waals surface area contributed by atoms with Gasteiger partial charge in [0, 0.05) is 12.3 Å². The standard InChI is InChI=1S/C7H3ClI2N4O/c8-5-1-4(15)7(12-11-5)14-2-3(9)6(10)13-14/h1-2H,(H,11,15). The number of aromatic nitrogens is 4. The summed E-state index contributed by atoms with van der Waals surface area (Å²) in [4.78, 5) is 11.5. The molecule has 5 nitrogen and oxygen atoms in total. The van der Waals surface area contributed by atoms with E-state index in [1.165, 1.54) is 10.7 Å². The molecule has 0 amide bonds. The Bertz CT molecular complexity index is 545. The van der Waals surface area contributed by atoms with Crippen LogP contribution in [0.25, 0.3) is 5.82 Å². The number of nitrogens with zero attached hydrogens (tertiary/aromatic N) is 3. The van der Waals surface area contributed by atoms with Gasteiger partial charge in [-0.25, -0.2) is 4.68 Å². The van der Waals surface area contributed by atoms with Crippen molar-refractivity contribution in [1.29, 1.82) is 0 Å². The Labute approximate surface area is 116 Å². The largest absolute Gasteiger partial charge is 0.286 e. The molecule has 0 fully saturated rings. The normalized spacial score (nSPS) is 10.6. The van der Waals surface area contributed by atoms with Crippen LogP contribution >= 0.6 is 56.8 Å². The van der Waals surface area contributed by atoms with Crippen LogP contribution in [-0.4, -0.2) is 20.0 Å². The predicted molar refractivity (Wildman–Crippen MR) is 72.4 cm³/mol. The second kappa shape index (κ2) is 4.37. The maximum absolute atomic E-state index is 11.5. The molecule has 8 heteroatoms. The lowest BCUT2D eigenvalue weighted by molar-refractivity contribution is 0.798. The summed E-state index contributed by atoms with van der Waals surface area (Å²) < 4.78 is 3.22. The van der Waals surface area contributed by atoms with Gasteiger partial charge in [0.2, 0.25) is 11.2 Å². The van der Waals surface area contributed by atoms with Crippen molar-refractivity contribution in [3.05, 3.63) is 34.9 Å². The molecule has 0 saturated carbocycles. The Morgan fingerprint density at radius 2 is 2.20 bits per heavy atom. The first kappa shape index (κ1) is 11.3. The summed E-state index contributed by atoms with van der Waals surface area (Å²) in [6, 6.07) is 1.27. The fraction of sp³-hybridized carbons (Fsp3) is 0. The summed E-state index contributed by atoms with van der Waals surface area (Å²) in [5, 5.41) is 10.7. The highest BCUT2D eigenvalue weighted by atomic mass is 127. The Morgan fingerprint density at radius 1 is 1.47 bits per heavy atom. The monoisotopic (exact) mass is 448 g/mol. The van der Waals surface area contributed by atoms with Crippen LogP contribution in [0.2, 0.25) is 5.15 Å². The predicted octanol–water partition coefficient (Wildman–Crippen LogP) is 1.82. The van der Waals surface area contributed by atoms with Crippen molar-refractivity contribution in [3.63, 3.8) is 0 Å². The molecule has 0 aromatic carbocycles. The molecule has 1 N–H and O–H groups in total. The van der Waals surface area contributed by atoms with Gasteiger partial charge in [-0.05, 0) is 45.2 Å². The molecule has 0 bridgehead atoms. The zero-order chi connectivity index (χ0) is 11.0. The van der Waals surface area contributed by atoms with Crippen molar-refractivity contribution >= 4 is 56.8 Å². The van der Waals surface area contributed by atoms with Crippen LogP contribution in [0.4, 0.5) is 0 Å². The van der Waals surface area contributed by atoms with Crippen molar-refractivity contribution in [1.82, 2.24) is 20.0 Å². The Balaban J connectivity index is 2.59. The van der Waals surface area contributed by atoms with E-state index >= 15 is 0 Å². The van der Waals surface area contributed by atoms with Crippen molar-refractivity contribution in [3.8, 4) is 5.82 Å². The minimum absolute atomic E-state index is 0.209. The maximum atomic E-state index is 11.5. The van der Waals surface area contributed by atoms with E-state index in [-0.39, 0.29) is 16.4 Å². The van der Waals surface area contributed by atoms with E-state index in [1.807, 2.05) is 0 Å². The van der Waals surface area contributed by atoms with Crippen molar-refractivity contribution in [2.24, 2.45) is 0 Å². The zero-order valence-corrected chi connectivity index (χ0v) is 12.1. The smallest absolute Gasteiger partial charge is 0.227 e. The Morgan fingerprint density at radius 3 is 2.73 bits per heavy atom. The summed E-state index contributed by atoms with van der Waals surface area (Å²) >= 11 is 9.81. The third-order valence-electron chi connectivity index (χ3n) is 1.59. The molecule has 2 heterocycles. The number of aromatic amines is 1. The Hall–Kier alpha value is -0.160. The SMILES string of the molecule is O=c1cc(Cl)[nH]nc1-n1cc(I)c(I)n1. The fourth-order valence-electron chi connectivity index (χ4n) is 0.978. The van der Waals surface area contributed by atoms with E-state index in [0.29, 0.717) is 0 Å². The average Bonchev–Trinajstić information content (AvgIpc) is 2.46. The quantitative estimate of drug-likeness (QED) is 0.678. The molecule has 78 valence electrons. The van der Waals surface area contributed by atoms with Gasteiger partial charge in [0.05, 0.1) is 3.57 Å². The van der Waals surface area contributed by atoms with Crippen molar-refractivity contribution < 1.29 is 0 Å². The highest BCUT2D eigenvalue weighted by Crippen LogP contribution is 2.13. The number of nitrogens with one attached hydrogen (secondary N) is 1. The van der Waals surface area contributed by atoms with E-state index in [0.717, 1.165) is 7.27 Å². The summed E-state index contributed by atoms with van der Waals surface area (Å²) in [6.45, 7) is 0. The molecule has 2 aromatic rings. The summed E-state index contributed by atoms with van der Waals surface area (Å²) in [5.74, 6) is 0.209. The molecule has 15 heavy (non-hydrogen) atoms. The third-order valence-corrected chi connectivity index (χ3v) is 4.40. The van der Waals surface area contributed by atoms with Gasteiger partial charge in [-0.1, -0.05) is 11.6 Å². The van der Waals surface area contributed by atoms with Gasteiger partial charge < -0.3 is 0 Å². The number of rotatable bonds is 1. The first-order valence-corrected chi connectivity index (χ1v) is 6.28. The summed E-state index contributed by atoms with van der Waals surface area (Å²) in [5.41, 5.74) is -0.269. The van der Waals surface area contributed by atoms with Crippen LogP contribution in [0, 0.1) is 7.27 Å². The molecule has 0 spiro atoms. The van der Waals surface area contributed by atoms with Crippen LogP contribution in [0.5, 0.6) is 0 Å². The van der Waals surface area contributed by atoms with Gasteiger partial charge in [0.15, 0.2) is 0 Å². The Kier molecular flexibility index (Phi) is 3.30. The van der Waals surface area contributed by atoms with Gasteiger partial charge >= 0.3 is 0 Å². The minimum atomic E-state index is -0.269. The number of hydrogen-bond donors (Lipinski definition) is 1. The van der Waals surface area contributed by atoms with E-state index < -0.39 is 0 Å². The van der Waals surface area contributed by atoms with Crippen LogP contribution < -0.4 is 5.43 Å². The van der Waals surface area contributed by atoms with E-state index in [9.17, 15) is 4.79 Å². The highest BCUT2D eigenvalue weighted by Gasteiger charge is 2.09. The minimum Gasteiger partial charge on any atom is -0.286 e. The van der Waals surface area contributed by atoms with Gasteiger partial charge in [0.1, 0.15) is 8.85 Å². The van der Waals surface area contributed by atoms with E-state index in [1.54, 1.807) is 6.20 Å².